The fraction of sp³-hybridized carbons (Fsp3) is 0.174. The van der Waals surface area contributed by atoms with Crippen molar-refractivity contribution in [1.82, 2.24) is 5.01 Å². The number of hydrazone groups is 1. The molecular formula is C23H19ClN2O4. The fourth-order valence-corrected chi connectivity index (χ4v) is 3.41. The van der Waals surface area contributed by atoms with Crippen LogP contribution in [0.2, 0.25) is 5.02 Å². The Hall–Kier alpha value is -3.38. The second-order valence-electron chi connectivity index (χ2n) is 6.85. The van der Waals surface area contributed by atoms with Crippen LogP contribution in [0.1, 0.15) is 29.3 Å². The number of benzene rings is 2. The maximum absolute atomic E-state index is 12.8. The maximum atomic E-state index is 12.8. The van der Waals surface area contributed by atoms with Crippen LogP contribution in [0.15, 0.2) is 82.5 Å². The molecule has 0 saturated heterocycles. The number of halogens is 1. The summed E-state index contributed by atoms with van der Waals surface area (Å²) in [6.45, 7) is -0.389. The molecule has 2 heterocycles. The lowest BCUT2D eigenvalue weighted by Crippen LogP contribution is -2.31. The van der Waals surface area contributed by atoms with Gasteiger partial charge in [0, 0.05) is 11.4 Å². The molecule has 6 nitrogen and oxygen atoms in total. The summed E-state index contributed by atoms with van der Waals surface area (Å²) in [5.41, 5.74) is 2.43. The van der Waals surface area contributed by atoms with Gasteiger partial charge in [0.2, 0.25) is 0 Å². The summed E-state index contributed by atoms with van der Waals surface area (Å²) >= 11 is 5.97. The highest BCUT2D eigenvalue weighted by Gasteiger charge is 2.35. The molecule has 1 amide bonds. The van der Waals surface area contributed by atoms with Crippen LogP contribution >= 0.6 is 11.6 Å². The van der Waals surface area contributed by atoms with E-state index in [0.29, 0.717) is 17.2 Å². The van der Waals surface area contributed by atoms with Crippen LogP contribution in [0.4, 0.5) is 0 Å². The number of ether oxygens (including phenoxy) is 1. The number of carbonyl (C=O) groups is 2. The second-order valence-corrected chi connectivity index (χ2v) is 7.29. The highest BCUT2D eigenvalue weighted by Crippen LogP contribution is 2.33. The third-order valence-corrected chi connectivity index (χ3v) is 5.01. The number of esters is 1. The molecule has 2 aromatic carbocycles. The van der Waals surface area contributed by atoms with E-state index in [9.17, 15) is 9.59 Å². The molecule has 1 atom stereocenters. The molecular weight excluding hydrogens is 404 g/mol. The zero-order chi connectivity index (χ0) is 20.9. The van der Waals surface area contributed by atoms with Crippen molar-refractivity contribution in [3.05, 3.63) is 94.9 Å². The number of carbonyl (C=O) groups excluding carboxylic acids is 2. The first kappa shape index (κ1) is 19.9. The number of rotatable bonds is 6. The van der Waals surface area contributed by atoms with Gasteiger partial charge < -0.3 is 9.15 Å². The molecule has 0 fully saturated rings. The van der Waals surface area contributed by atoms with Gasteiger partial charge in [-0.05, 0) is 35.4 Å². The minimum atomic E-state index is -0.467. The SMILES string of the molecule is O=C(Cc1ccccc1)OCC(=O)N1N=C(c2ccc(Cl)cc2)CC1c1ccco1. The Morgan fingerprint density at radius 1 is 1.07 bits per heavy atom. The van der Waals surface area contributed by atoms with Gasteiger partial charge in [0.05, 0.1) is 18.4 Å². The minimum Gasteiger partial charge on any atom is -0.467 e. The fourth-order valence-electron chi connectivity index (χ4n) is 3.28. The zero-order valence-electron chi connectivity index (χ0n) is 16.0. The lowest BCUT2D eigenvalue weighted by Gasteiger charge is -2.19. The number of hydrogen-bond donors (Lipinski definition) is 0. The lowest BCUT2D eigenvalue weighted by atomic mass is 10.0. The van der Waals surface area contributed by atoms with Crippen LogP contribution in [0.25, 0.3) is 0 Å². The van der Waals surface area contributed by atoms with E-state index in [1.165, 1.54) is 5.01 Å². The number of furan rings is 1. The van der Waals surface area contributed by atoms with Gasteiger partial charge in [-0.25, -0.2) is 5.01 Å². The summed E-state index contributed by atoms with van der Waals surface area (Å²) in [5.74, 6) is -0.265. The zero-order valence-corrected chi connectivity index (χ0v) is 16.8. The van der Waals surface area contributed by atoms with E-state index in [0.717, 1.165) is 16.8 Å². The van der Waals surface area contributed by atoms with Crippen LogP contribution in [0.3, 0.4) is 0 Å². The molecule has 0 bridgehead atoms. The van der Waals surface area contributed by atoms with Gasteiger partial charge in [0.15, 0.2) is 6.61 Å². The summed E-state index contributed by atoms with van der Waals surface area (Å²) in [6, 6.07) is 19.7. The molecule has 7 heteroatoms. The average molecular weight is 423 g/mol. The predicted molar refractivity (Wildman–Crippen MR) is 112 cm³/mol. The average Bonchev–Trinajstić information content (AvgIpc) is 3.43. The third-order valence-electron chi connectivity index (χ3n) is 4.76. The molecule has 152 valence electrons. The predicted octanol–water partition coefficient (Wildman–Crippen LogP) is 4.40. The van der Waals surface area contributed by atoms with E-state index in [1.807, 2.05) is 42.5 Å². The first-order valence-electron chi connectivity index (χ1n) is 9.48. The quantitative estimate of drug-likeness (QED) is 0.552. The van der Waals surface area contributed by atoms with Crippen LogP contribution < -0.4 is 0 Å². The Bertz CT molecular complexity index is 1050. The smallest absolute Gasteiger partial charge is 0.310 e. The largest absolute Gasteiger partial charge is 0.467 e. The Kier molecular flexibility index (Phi) is 5.95. The van der Waals surface area contributed by atoms with Crippen LogP contribution in [0, 0.1) is 0 Å². The van der Waals surface area contributed by atoms with Crippen LogP contribution in [-0.2, 0) is 20.7 Å². The van der Waals surface area contributed by atoms with E-state index in [-0.39, 0.29) is 13.0 Å². The molecule has 0 saturated carbocycles. The Balaban J connectivity index is 1.46. The van der Waals surface area contributed by atoms with E-state index in [1.54, 1.807) is 30.5 Å². The number of nitrogens with zero attached hydrogens (tertiary/aromatic N) is 2. The monoisotopic (exact) mass is 422 g/mol. The summed E-state index contributed by atoms with van der Waals surface area (Å²) in [6.07, 6.45) is 2.14. The molecule has 30 heavy (non-hydrogen) atoms. The van der Waals surface area contributed by atoms with Crippen molar-refractivity contribution in [3.8, 4) is 0 Å². The molecule has 0 spiro atoms. The lowest BCUT2D eigenvalue weighted by molar-refractivity contribution is -0.152. The van der Waals surface area contributed by atoms with Gasteiger partial charge >= 0.3 is 5.97 Å². The van der Waals surface area contributed by atoms with Crippen LogP contribution in [-0.4, -0.2) is 29.2 Å². The van der Waals surface area contributed by atoms with Crippen molar-refractivity contribution >= 4 is 29.2 Å². The van der Waals surface area contributed by atoms with Crippen molar-refractivity contribution in [3.63, 3.8) is 0 Å². The number of amides is 1. The summed E-state index contributed by atoms with van der Waals surface area (Å²) in [5, 5.41) is 6.45. The molecule has 1 aromatic heterocycles. The van der Waals surface area contributed by atoms with E-state index < -0.39 is 17.9 Å². The van der Waals surface area contributed by atoms with Crippen molar-refractivity contribution < 1.29 is 18.7 Å². The summed E-state index contributed by atoms with van der Waals surface area (Å²) in [7, 11) is 0. The molecule has 0 aliphatic carbocycles. The van der Waals surface area contributed by atoms with Gasteiger partial charge in [-0.3, -0.25) is 9.59 Å². The normalized spacial score (nSPS) is 15.7. The molecule has 4 rings (SSSR count). The Labute approximate surface area is 178 Å². The minimum absolute atomic E-state index is 0.106. The first-order chi connectivity index (χ1) is 14.6. The molecule has 0 radical (unpaired) electrons. The summed E-state index contributed by atoms with van der Waals surface area (Å²) < 4.78 is 10.7. The topological polar surface area (TPSA) is 72.1 Å². The Morgan fingerprint density at radius 3 is 2.53 bits per heavy atom. The van der Waals surface area contributed by atoms with E-state index in [2.05, 4.69) is 5.10 Å². The molecule has 1 aliphatic heterocycles. The van der Waals surface area contributed by atoms with Gasteiger partial charge in [-0.1, -0.05) is 54.1 Å². The second kappa shape index (κ2) is 8.97. The van der Waals surface area contributed by atoms with Gasteiger partial charge in [-0.15, -0.1) is 0 Å². The molecule has 1 unspecified atom stereocenters. The molecule has 0 N–H and O–H groups in total. The highest BCUT2D eigenvalue weighted by molar-refractivity contribution is 6.30. The number of hydrogen-bond acceptors (Lipinski definition) is 5. The first-order valence-corrected chi connectivity index (χ1v) is 9.86. The summed E-state index contributed by atoms with van der Waals surface area (Å²) in [4.78, 5) is 24.9. The van der Waals surface area contributed by atoms with Gasteiger partial charge in [0.25, 0.3) is 5.91 Å². The van der Waals surface area contributed by atoms with Crippen molar-refractivity contribution in [2.75, 3.05) is 6.61 Å². The van der Waals surface area contributed by atoms with Crippen molar-refractivity contribution in [2.24, 2.45) is 5.10 Å². The standard InChI is InChI=1S/C23H19ClN2O4/c24-18-10-8-17(9-11-18)19-14-20(21-7-4-12-29-21)26(25-19)22(27)15-30-23(28)13-16-5-2-1-3-6-16/h1-12,20H,13-15H2. The third kappa shape index (κ3) is 4.60. The Morgan fingerprint density at radius 2 is 1.83 bits per heavy atom. The van der Waals surface area contributed by atoms with E-state index in [4.69, 9.17) is 20.8 Å². The van der Waals surface area contributed by atoms with Crippen molar-refractivity contribution in [2.45, 2.75) is 18.9 Å². The van der Waals surface area contributed by atoms with Gasteiger partial charge in [0.1, 0.15) is 11.8 Å². The molecule has 3 aromatic rings. The highest BCUT2D eigenvalue weighted by atomic mass is 35.5. The molecule has 1 aliphatic rings. The van der Waals surface area contributed by atoms with Gasteiger partial charge in [-0.2, -0.15) is 5.10 Å². The maximum Gasteiger partial charge on any atom is 0.310 e. The van der Waals surface area contributed by atoms with E-state index >= 15 is 0 Å². The van der Waals surface area contributed by atoms with Crippen molar-refractivity contribution in [1.29, 1.82) is 0 Å². The van der Waals surface area contributed by atoms with Crippen LogP contribution in [0.5, 0.6) is 0 Å².